The first kappa shape index (κ1) is 13.7. The molecular weight excluding hydrogens is 170 g/mol. The number of unbranched alkanes of at least 4 members (excludes halogenated alkanes) is 5. The van der Waals surface area contributed by atoms with Gasteiger partial charge in [0.1, 0.15) is 0 Å². The third-order valence-electron chi connectivity index (χ3n) is 3.06. The van der Waals surface area contributed by atoms with E-state index >= 15 is 0 Å². The van der Waals surface area contributed by atoms with Gasteiger partial charge >= 0.3 is 0 Å². The third-order valence-corrected chi connectivity index (χ3v) is 3.06. The Bertz CT molecular complexity index is 142. The topological polar surface area (TPSA) is 26.0 Å². The summed E-state index contributed by atoms with van der Waals surface area (Å²) in [6.45, 7) is 9.03. The van der Waals surface area contributed by atoms with Crippen LogP contribution in [-0.4, -0.2) is 6.54 Å². The van der Waals surface area contributed by atoms with Gasteiger partial charge < -0.3 is 5.73 Å². The molecule has 1 nitrogen and oxygen atoms in total. The van der Waals surface area contributed by atoms with Crippen molar-refractivity contribution < 1.29 is 0 Å². The Morgan fingerprint density at radius 2 is 1.71 bits per heavy atom. The SMILES string of the molecule is C=CC(C)(CN)CCCCCCCC. The highest BCUT2D eigenvalue weighted by Crippen LogP contribution is 2.24. The molecule has 1 atom stereocenters. The zero-order valence-corrected chi connectivity index (χ0v) is 10.0. The van der Waals surface area contributed by atoms with Crippen molar-refractivity contribution in [2.24, 2.45) is 11.1 Å². The van der Waals surface area contributed by atoms with Gasteiger partial charge in [-0.1, -0.05) is 58.4 Å². The van der Waals surface area contributed by atoms with Gasteiger partial charge in [-0.3, -0.25) is 0 Å². The zero-order chi connectivity index (χ0) is 10.9. The lowest BCUT2D eigenvalue weighted by atomic mass is 9.85. The minimum absolute atomic E-state index is 0.171. The Labute approximate surface area is 89.8 Å². The molecule has 0 heterocycles. The van der Waals surface area contributed by atoms with Crippen LogP contribution in [0.3, 0.4) is 0 Å². The highest BCUT2D eigenvalue weighted by Gasteiger charge is 2.16. The lowest BCUT2D eigenvalue weighted by Gasteiger charge is -2.23. The van der Waals surface area contributed by atoms with Gasteiger partial charge in [0.05, 0.1) is 0 Å². The van der Waals surface area contributed by atoms with Crippen molar-refractivity contribution in [1.82, 2.24) is 0 Å². The summed E-state index contributed by atoms with van der Waals surface area (Å²) < 4.78 is 0. The minimum atomic E-state index is 0.171. The molecule has 0 aromatic rings. The molecule has 0 aromatic heterocycles. The Hall–Kier alpha value is -0.300. The first-order chi connectivity index (χ1) is 6.68. The second-order valence-corrected chi connectivity index (χ2v) is 4.58. The average molecular weight is 197 g/mol. The second-order valence-electron chi connectivity index (χ2n) is 4.58. The molecule has 0 amide bonds. The van der Waals surface area contributed by atoms with Gasteiger partial charge in [0, 0.05) is 6.54 Å². The molecule has 0 aliphatic carbocycles. The summed E-state index contributed by atoms with van der Waals surface area (Å²) in [6.07, 6.45) is 11.3. The molecule has 0 radical (unpaired) electrons. The van der Waals surface area contributed by atoms with Gasteiger partial charge in [0.2, 0.25) is 0 Å². The molecule has 0 aliphatic heterocycles. The standard InChI is InChI=1S/C13H27N/c1-4-6-7-8-9-10-11-13(3,5-2)12-14/h5H,2,4,6-12,14H2,1,3H3. The lowest BCUT2D eigenvalue weighted by Crippen LogP contribution is -2.24. The summed E-state index contributed by atoms with van der Waals surface area (Å²) in [5, 5.41) is 0. The van der Waals surface area contributed by atoms with Crippen LogP contribution in [0, 0.1) is 5.41 Å². The fourth-order valence-corrected chi connectivity index (χ4v) is 1.60. The fourth-order valence-electron chi connectivity index (χ4n) is 1.60. The van der Waals surface area contributed by atoms with Crippen LogP contribution in [0.25, 0.3) is 0 Å². The van der Waals surface area contributed by atoms with Crippen molar-refractivity contribution in [1.29, 1.82) is 0 Å². The van der Waals surface area contributed by atoms with E-state index in [0.717, 1.165) is 6.54 Å². The van der Waals surface area contributed by atoms with Crippen LogP contribution in [0.1, 0.15) is 58.8 Å². The number of hydrogen-bond donors (Lipinski definition) is 1. The first-order valence-electron chi connectivity index (χ1n) is 6.02. The van der Waals surface area contributed by atoms with Crippen LogP contribution in [0.15, 0.2) is 12.7 Å². The van der Waals surface area contributed by atoms with E-state index in [9.17, 15) is 0 Å². The van der Waals surface area contributed by atoms with Gasteiger partial charge in [-0.25, -0.2) is 0 Å². The van der Waals surface area contributed by atoms with Crippen molar-refractivity contribution in [2.45, 2.75) is 58.8 Å². The van der Waals surface area contributed by atoms with Gasteiger partial charge in [-0.2, -0.15) is 0 Å². The van der Waals surface area contributed by atoms with Crippen molar-refractivity contribution >= 4 is 0 Å². The van der Waals surface area contributed by atoms with E-state index in [4.69, 9.17) is 5.73 Å². The largest absolute Gasteiger partial charge is 0.330 e. The van der Waals surface area contributed by atoms with Crippen LogP contribution >= 0.6 is 0 Å². The molecule has 0 saturated heterocycles. The Balaban J connectivity index is 3.38. The fraction of sp³-hybridized carbons (Fsp3) is 0.846. The van der Waals surface area contributed by atoms with E-state index < -0.39 is 0 Å². The van der Waals surface area contributed by atoms with Crippen LogP contribution < -0.4 is 5.73 Å². The van der Waals surface area contributed by atoms with E-state index in [1.807, 2.05) is 6.08 Å². The maximum atomic E-state index is 5.71. The average Bonchev–Trinajstić information content (AvgIpc) is 2.23. The van der Waals surface area contributed by atoms with Gasteiger partial charge in [0.25, 0.3) is 0 Å². The molecule has 0 aromatic carbocycles. The van der Waals surface area contributed by atoms with E-state index in [-0.39, 0.29) is 5.41 Å². The molecule has 2 N–H and O–H groups in total. The van der Waals surface area contributed by atoms with Crippen molar-refractivity contribution in [3.8, 4) is 0 Å². The molecule has 0 fully saturated rings. The number of nitrogens with two attached hydrogens (primary N) is 1. The molecule has 0 saturated carbocycles. The molecule has 0 spiro atoms. The quantitative estimate of drug-likeness (QED) is 0.440. The third kappa shape index (κ3) is 6.20. The summed E-state index contributed by atoms with van der Waals surface area (Å²) >= 11 is 0. The molecule has 0 rings (SSSR count). The molecule has 1 heteroatoms. The van der Waals surface area contributed by atoms with Crippen LogP contribution in [0.2, 0.25) is 0 Å². The lowest BCUT2D eigenvalue weighted by molar-refractivity contribution is 0.381. The molecular formula is C13H27N. The highest BCUT2D eigenvalue weighted by molar-refractivity contribution is 4.91. The van der Waals surface area contributed by atoms with Crippen molar-refractivity contribution in [3.05, 3.63) is 12.7 Å². The van der Waals surface area contributed by atoms with Crippen molar-refractivity contribution in [2.75, 3.05) is 6.54 Å². The van der Waals surface area contributed by atoms with Gasteiger partial charge in [-0.05, 0) is 11.8 Å². The zero-order valence-electron chi connectivity index (χ0n) is 10.0. The Morgan fingerprint density at radius 3 is 2.21 bits per heavy atom. The van der Waals surface area contributed by atoms with E-state index in [0.29, 0.717) is 0 Å². The number of rotatable bonds is 9. The first-order valence-corrected chi connectivity index (χ1v) is 6.02. The normalized spacial score (nSPS) is 15.1. The second kappa shape index (κ2) is 8.05. The summed E-state index contributed by atoms with van der Waals surface area (Å²) in [5.74, 6) is 0. The molecule has 1 unspecified atom stereocenters. The van der Waals surface area contributed by atoms with Crippen LogP contribution in [0.5, 0.6) is 0 Å². The maximum absolute atomic E-state index is 5.71. The van der Waals surface area contributed by atoms with Crippen LogP contribution in [-0.2, 0) is 0 Å². The molecule has 84 valence electrons. The summed E-state index contributed by atoms with van der Waals surface area (Å²) in [7, 11) is 0. The Morgan fingerprint density at radius 1 is 1.14 bits per heavy atom. The van der Waals surface area contributed by atoms with E-state index in [2.05, 4.69) is 20.4 Å². The Kier molecular flexibility index (Phi) is 7.87. The molecule has 0 aliphatic rings. The van der Waals surface area contributed by atoms with Gasteiger partial charge in [-0.15, -0.1) is 6.58 Å². The highest BCUT2D eigenvalue weighted by atomic mass is 14.6. The van der Waals surface area contributed by atoms with Crippen molar-refractivity contribution in [3.63, 3.8) is 0 Å². The smallest absolute Gasteiger partial charge is 0.00114 e. The van der Waals surface area contributed by atoms with E-state index in [1.165, 1.54) is 44.9 Å². The summed E-state index contributed by atoms with van der Waals surface area (Å²) in [6, 6.07) is 0. The molecule has 14 heavy (non-hydrogen) atoms. The minimum Gasteiger partial charge on any atom is -0.330 e. The number of hydrogen-bond acceptors (Lipinski definition) is 1. The monoisotopic (exact) mass is 197 g/mol. The van der Waals surface area contributed by atoms with Gasteiger partial charge in [0.15, 0.2) is 0 Å². The molecule has 0 bridgehead atoms. The van der Waals surface area contributed by atoms with E-state index in [1.54, 1.807) is 0 Å². The predicted molar refractivity (Wildman–Crippen MR) is 65.4 cm³/mol. The van der Waals surface area contributed by atoms with Crippen LogP contribution in [0.4, 0.5) is 0 Å². The summed E-state index contributed by atoms with van der Waals surface area (Å²) in [5.41, 5.74) is 5.88. The predicted octanol–water partition coefficient (Wildman–Crippen LogP) is 3.89. The summed E-state index contributed by atoms with van der Waals surface area (Å²) in [4.78, 5) is 0. The maximum Gasteiger partial charge on any atom is 0.00114 e.